The molecule has 0 fully saturated rings. The highest BCUT2D eigenvalue weighted by atomic mass is 16.2. The van der Waals surface area contributed by atoms with E-state index in [4.69, 9.17) is 0 Å². The lowest BCUT2D eigenvalue weighted by molar-refractivity contribution is -0.115. The number of anilines is 2. The predicted octanol–water partition coefficient (Wildman–Crippen LogP) is 3.01. The van der Waals surface area contributed by atoms with Gasteiger partial charge >= 0.3 is 6.03 Å². The summed E-state index contributed by atoms with van der Waals surface area (Å²) in [6.07, 6.45) is 0.954. The summed E-state index contributed by atoms with van der Waals surface area (Å²) in [5.41, 5.74) is 2.60. The molecule has 0 saturated carbocycles. The van der Waals surface area contributed by atoms with E-state index < -0.39 is 6.03 Å². The van der Waals surface area contributed by atoms with Crippen LogP contribution in [0.5, 0.6) is 0 Å². The lowest BCUT2D eigenvalue weighted by Gasteiger charge is -2.08. The highest BCUT2D eigenvalue weighted by Crippen LogP contribution is 2.09. The van der Waals surface area contributed by atoms with Gasteiger partial charge in [0.25, 0.3) is 0 Å². The Bertz CT molecular complexity index is 624. The molecule has 0 aliphatic rings. The van der Waals surface area contributed by atoms with Crippen molar-refractivity contribution >= 4 is 23.3 Å². The minimum absolute atomic E-state index is 0.0891. The van der Waals surface area contributed by atoms with Crippen molar-refractivity contribution in [3.05, 3.63) is 60.2 Å². The average Bonchev–Trinajstić information content (AvgIpc) is 2.55. The molecule has 22 heavy (non-hydrogen) atoms. The number of hydrogen-bond acceptors (Lipinski definition) is 2. The number of urea groups is 1. The van der Waals surface area contributed by atoms with Gasteiger partial charge in [-0.15, -0.1) is 0 Å². The first-order chi connectivity index (χ1) is 10.7. The molecule has 2 aromatic rings. The van der Waals surface area contributed by atoms with Crippen LogP contribution in [-0.4, -0.2) is 18.5 Å². The monoisotopic (exact) mass is 297 g/mol. The second-order valence-corrected chi connectivity index (χ2v) is 4.77. The van der Waals surface area contributed by atoms with Gasteiger partial charge in [-0.1, -0.05) is 37.3 Å². The molecular weight excluding hydrogens is 278 g/mol. The summed E-state index contributed by atoms with van der Waals surface area (Å²) in [5, 5.41) is 7.89. The van der Waals surface area contributed by atoms with Crippen LogP contribution in [0.3, 0.4) is 0 Å². The van der Waals surface area contributed by atoms with Crippen molar-refractivity contribution in [1.82, 2.24) is 5.32 Å². The summed E-state index contributed by atoms with van der Waals surface area (Å²) in [7, 11) is 0. The van der Waals surface area contributed by atoms with E-state index in [1.165, 1.54) is 5.56 Å². The van der Waals surface area contributed by atoms with Crippen molar-refractivity contribution in [2.75, 3.05) is 17.2 Å². The molecule has 0 aromatic heterocycles. The molecule has 0 aliphatic heterocycles. The third-order valence-electron chi connectivity index (χ3n) is 3.09. The second-order valence-electron chi connectivity index (χ2n) is 4.77. The average molecular weight is 297 g/mol. The third kappa shape index (κ3) is 4.94. The molecule has 0 bridgehead atoms. The van der Waals surface area contributed by atoms with Crippen molar-refractivity contribution in [2.24, 2.45) is 0 Å². The van der Waals surface area contributed by atoms with Crippen molar-refractivity contribution in [3.63, 3.8) is 0 Å². The Balaban J connectivity index is 1.76. The maximum Gasteiger partial charge on any atom is 0.319 e. The Labute approximate surface area is 129 Å². The summed E-state index contributed by atoms with van der Waals surface area (Å²) in [6, 6.07) is 16.3. The van der Waals surface area contributed by atoms with Crippen LogP contribution in [0.2, 0.25) is 0 Å². The summed E-state index contributed by atoms with van der Waals surface area (Å²) >= 11 is 0. The molecule has 5 heteroatoms. The standard InChI is InChI=1S/C17H19N3O2/c1-2-13-8-10-15(11-9-13)19-16(21)12-18-17(22)20-14-6-4-3-5-7-14/h3-11H,2,12H2,1H3,(H,19,21)(H2,18,20,22). The molecule has 3 N–H and O–H groups in total. The van der Waals surface area contributed by atoms with Crippen LogP contribution in [0.1, 0.15) is 12.5 Å². The molecule has 2 rings (SSSR count). The van der Waals surface area contributed by atoms with Crippen LogP contribution in [0, 0.1) is 0 Å². The number of aryl methyl sites for hydroxylation is 1. The van der Waals surface area contributed by atoms with Gasteiger partial charge < -0.3 is 16.0 Å². The minimum Gasteiger partial charge on any atom is -0.329 e. The molecule has 3 amide bonds. The lowest BCUT2D eigenvalue weighted by Crippen LogP contribution is -2.35. The van der Waals surface area contributed by atoms with E-state index >= 15 is 0 Å². The van der Waals surface area contributed by atoms with Gasteiger partial charge in [-0.25, -0.2) is 4.79 Å². The van der Waals surface area contributed by atoms with E-state index in [1.807, 2.05) is 42.5 Å². The molecule has 0 atom stereocenters. The molecular formula is C17H19N3O2. The third-order valence-corrected chi connectivity index (χ3v) is 3.09. The topological polar surface area (TPSA) is 70.2 Å². The van der Waals surface area contributed by atoms with E-state index in [-0.39, 0.29) is 12.5 Å². The zero-order chi connectivity index (χ0) is 15.8. The maximum absolute atomic E-state index is 11.8. The number of para-hydroxylation sites is 1. The Morgan fingerprint density at radius 3 is 2.14 bits per heavy atom. The first-order valence-corrected chi connectivity index (χ1v) is 7.16. The van der Waals surface area contributed by atoms with Crippen LogP contribution in [-0.2, 0) is 11.2 Å². The smallest absolute Gasteiger partial charge is 0.319 e. The number of nitrogens with one attached hydrogen (secondary N) is 3. The minimum atomic E-state index is -0.414. The highest BCUT2D eigenvalue weighted by molar-refractivity contribution is 5.96. The Morgan fingerprint density at radius 2 is 1.50 bits per heavy atom. The molecule has 0 aliphatic carbocycles. The zero-order valence-electron chi connectivity index (χ0n) is 12.4. The first-order valence-electron chi connectivity index (χ1n) is 7.16. The van der Waals surface area contributed by atoms with Gasteiger partial charge in [-0.05, 0) is 36.2 Å². The number of carbonyl (C=O) groups is 2. The lowest BCUT2D eigenvalue weighted by atomic mass is 10.1. The van der Waals surface area contributed by atoms with Crippen LogP contribution in [0.4, 0.5) is 16.2 Å². The summed E-state index contributed by atoms with van der Waals surface area (Å²) in [5.74, 6) is -0.271. The van der Waals surface area contributed by atoms with E-state index in [0.29, 0.717) is 11.4 Å². The molecule has 5 nitrogen and oxygen atoms in total. The van der Waals surface area contributed by atoms with E-state index in [2.05, 4.69) is 22.9 Å². The summed E-state index contributed by atoms with van der Waals surface area (Å²) < 4.78 is 0. The number of benzene rings is 2. The molecule has 0 heterocycles. The molecule has 0 saturated heterocycles. The van der Waals surface area contributed by atoms with Crippen LogP contribution in [0.15, 0.2) is 54.6 Å². The zero-order valence-corrected chi connectivity index (χ0v) is 12.4. The summed E-state index contributed by atoms with van der Waals surface area (Å²) in [6.45, 7) is 1.98. The number of amides is 3. The Morgan fingerprint density at radius 1 is 0.864 bits per heavy atom. The van der Waals surface area contributed by atoms with Crippen molar-refractivity contribution in [3.8, 4) is 0 Å². The van der Waals surface area contributed by atoms with Crippen LogP contribution in [0.25, 0.3) is 0 Å². The number of hydrogen-bond donors (Lipinski definition) is 3. The molecule has 0 unspecified atom stereocenters. The van der Waals surface area contributed by atoms with Gasteiger partial charge in [-0.3, -0.25) is 4.79 Å². The van der Waals surface area contributed by atoms with Crippen molar-refractivity contribution < 1.29 is 9.59 Å². The SMILES string of the molecule is CCc1ccc(NC(=O)CNC(=O)Nc2ccccc2)cc1. The van der Waals surface area contributed by atoms with Crippen LogP contribution < -0.4 is 16.0 Å². The largest absolute Gasteiger partial charge is 0.329 e. The van der Waals surface area contributed by atoms with Crippen LogP contribution >= 0.6 is 0 Å². The van der Waals surface area contributed by atoms with Gasteiger partial charge in [0, 0.05) is 11.4 Å². The quantitative estimate of drug-likeness (QED) is 0.794. The Kier molecular flexibility index (Phi) is 5.54. The van der Waals surface area contributed by atoms with Crippen molar-refractivity contribution in [1.29, 1.82) is 0 Å². The van der Waals surface area contributed by atoms with Gasteiger partial charge in [0.05, 0.1) is 6.54 Å². The fourth-order valence-corrected chi connectivity index (χ4v) is 1.89. The maximum atomic E-state index is 11.8. The molecule has 2 aromatic carbocycles. The van der Waals surface area contributed by atoms with Gasteiger partial charge in [0.2, 0.25) is 5.91 Å². The predicted molar refractivity (Wildman–Crippen MR) is 87.9 cm³/mol. The fraction of sp³-hybridized carbons (Fsp3) is 0.176. The van der Waals surface area contributed by atoms with Crippen molar-refractivity contribution in [2.45, 2.75) is 13.3 Å². The van der Waals surface area contributed by atoms with Gasteiger partial charge in [0.1, 0.15) is 0 Å². The molecule has 0 spiro atoms. The van der Waals surface area contributed by atoms with Gasteiger partial charge in [-0.2, -0.15) is 0 Å². The number of rotatable bonds is 5. The van der Waals surface area contributed by atoms with E-state index in [1.54, 1.807) is 12.1 Å². The van der Waals surface area contributed by atoms with Gasteiger partial charge in [0.15, 0.2) is 0 Å². The summed E-state index contributed by atoms with van der Waals surface area (Å²) in [4.78, 5) is 23.4. The number of carbonyl (C=O) groups excluding carboxylic acids is 2. The highest BCUT2D eigenvalue weighted by Gasteiger charge is 2.06. The normalized spacial score (nSPS) is 9.86. The first kappa shape index (κ1) is 15.6. The Hall–Kier alpha value is -2.82. The molecule has 114 valence electrons. The second kappa shape index (κ2) is 7.83. The fourth-order valence-electron chi connectivity index (χ4n) is 1.89. The molecule has 0 radical (unpaired) electrons. The van der Waals surface area contributed by atoms with E-state index in [9.17, 15) is 9.59 Å². The van der Waals surface area contributed by atoms with E-state index in [0.717, 1.165) is 6.42 Å².